The van der Waals surface area contributed by atoms with Gasteiger partial charge in [0.25, 0.3) is 5.91 Å². The van der Waals surface area contributed by atoms with Crippen LogP contribution >= 0.6 is 0 Å². The average molecular weight is 384 g/mol. The van der Waals surface area contributed by atoms with Crippen molar-refractivity contribution in [1.82, 2.24) is 15.1 Å². The van der Waals surface area contributed by atoms with E-state index >= 15 is 0 Å². The van der Waals surface area contributed by atoms with E-state index in [9.17, 15) is 9.59 Å². The van der Waals surface area contributed by atoms with E-state index in [1.165, 1.54) is 12.8 Å². The second kappa shape index (κ2) is 7.91. The molecule has 4 rings (SSSR count). The van der Waals surface area contributed by atoms with Crippen LogP contribution in [-0.2, 0) is 0 Å². The van der Waals surface area contributed by atoms with Crippen molar-refractivity contribution in [2.24, 2.45) is 0 Å². The molecule has 3 heterocycles. The van der Waals surface area contributed by atoms with Crippen LogP contribution in [0.2, 0.25) is 0 Å². The van der Waals surface area contributed by atoms with Crippen molar-refractivity contribution in [1.29, 1.82) is 0 Å². The van der Waals surface area contributed by atoms with Gasteiger partial charge in [-0.05, 0) is 57.7 Å². The monoisotopic (exact) mass is 384 g/mol. The lowest BCUT2D eigenvalue weighted by Crippen LogP contribution is -2.30. The highest BCUT2D eigenvalue weighted by Gasteiger charge is 2.25. The second-order valence-electron chi connectivity index (χ2n) is 8.05. The lowest BCUT2D eigenvalue weighted by molar-refractivity contribution is 0.102. The van der Waals surface area contributed by atoms with Crippen LogP contribution in [0.1, 0.15) is 77.9 Å². The minimum absolute atomic E-state index is 0.0735. The SMILES string of the molecule is Cc1cc(NC(=O)c2c(C)cc(C3CCCNC3)oc2=O)n(C2CCCC2)n1. The van der Waals surface area contributed by atoms with Crippen molar-refractivity contribution < 1.29 is 9.21 Å². The zero-order valence-electron chi connectivity index (χ0n) is 16.6. The molecule has 1 atom stereocenters. The quantitative estimate of drug-likeness (QED) is 0.844. The normalized spacial score (nSPS) is 20.4. The summed E-state index contributed by atoms with van der Waals surface area (Å²) in [6.45, 7) is 5.50. The Morgan fingerprint density at radius 3 is 2.68 bits per heavy atom. The maximum absolute atomic E-state index is 12.9. The maximum atomic E-state index is 12.9. The molecule has 2 aliphatic rings. The first kappa shape index (κ1) is 18.9. The number of carbonyl (C=O) groups is 1. The zero-order chi connectivity index (χ0) is 19.7. The first-order valence-corrected chi connectivity index (χ1v) is 10.3. The molecule has 0 spiro atoms. The average Bonchev–Trinajstić information content (AvgIpc) is 3.31. The fourth-order valence-electron chi connectivity index (χ4n) is 4.42. The van der Waals surface area contributed by atoms with Gasteiger partial charge in [-0.2, -0.15) is 5.10 Å². The van der Waals surface area contributed by atoms with Gasteiger partial charge in [-0.15, -0.1) is 0 Å². The van der Waals surface area contributed by atoms with E-state index in [-0.39, 0.29) is 11.5 Å². The summed E-state index contributed by atoms with van der Waals surface area (Å²) in [6, 6.07) is 4.01. The minimum atomic E-state index is -0.568. The number of nitrogens with zero attached hydrogens (tertiary/aromatic N) is 2. The van der Waals surface area contributed by atoms with Crippen molar-refractivity contribution in [3.63, 3.8) is 0 Å². The molecule has 1 aliphatic heterocycles. The first-order valence-electron chi connectivity index (χ1n) is 10.3. The van der Waals surface area contributed by atoms with E-state index in [0.717, 1.165) is 44.5 Å². The Balaban J connectivity index is 1.58. The number of hydrogen-bond acceptors (Lipinski definition) is 5. The van der Waals surface area contributed by atoms with Crippen LogP contribution in [0.5, 0.6) is 0 Å². The lowest BCUT2D eigenvalue weighted by atomic mass is 9.95. The summed E-state index contributed by atoms with van der Waals surface area (Å²) in [5.74, 6) is 1.06. The van der Waals surface area contributed by atoms with E-state index in [4.69, 9.17) is 4.42 Å². The van der Waals surface area contributed by atoms with Crippen LogP contribution in [0.15, 0.2) is 21.3 Å². The maximum Gasteiger partial charge on any atom is 0.349 e. The van der Waals surface area contributed by atoms with Gasteiger partial charge < -0.3 is 15.1 Å². The summed E-state index contributed by atoms with van der Waals surface area (Å²) in [4.78, 5) is 25.5. The number of piperidine rings is 1. The standard InChI is InChI=1S/C21H28N4O3/c1-13-10-17(15-6-5-9-22-12-15)28-21(27)19(13)20(26)23-18-11-14(2)24-25(18)16-7-3-4-8-16/h10-11,15-16,22H,3-9,12H2,1-2H3,(H,23,26). The van der Waals surface area contributed by atoms with E-state index in [0.29, 0.717) is 23.2 Å². The molecule has 1 aliphatic carbocycles. The minimum Gasteiger partial charge on any atom is -0.427 e. The summed E-state index contributed by atoms with van der Waals surface area (Å²) >= 11 is 0. The first-order chi connectivity index (χ1) is 13.5. The third-order valence-electron chi connectivity index (χ3n) is 5.86. The number of hydrogen-bond donors (Lipinski definition) is 2. The van der Waals surface area contributed by atoms with Gasteiger partial charge in [0.1, 0.15) is 17.1 Å². The van der Waals surface area contributed by atoms with E-state index < -0.39 is 11.5 Å². The molecule has 7 nitrogen and oxygen atoms in total. The Bertz CT molecular complexity index is 918. The fraction of sp³-hybridized carbons (Fsp3) is 0.571. The van der Waals surface area contributed by atoms with Crippen molar-refractivity contribution in [3.05, 3.63) is 45.1 Å². The molecule has 1 unspecified atom stereocenters. The van der Waals surface area contributed by atoms with Gasteiger partial charge in [0.2, 0.25) is 0 Å². The van der Waals surface area contributed by atoms with Gasteiger partial charge in [0.05, 0.1) is 11.7 Å². The summed E-state index contributed by atoms with van der Waals surface area (Å²) < 4.78 is 7.45. The Labute approximate surface area is 164 Å². The summed E-state index contributed by atoms with van der Waals surface area (Å²) in [5, 5.41) is 10.8. The molecular formula is C21H28N4O3. The van der Waals surface area contributed by atoms with Gasteiger partial charge in [-0.25, -0.2) is 9.48 Å². The molecule has 28 heavy (non-hydrogen) atoms. The van der Waals surface area contributed by atoms with Gasteiger partial charge in [0, 0.05) is 18.5 Å². The molecule has 1 amide bonds. The molecule has 1 saturated carbocycles. The second-order valence-corrected chi connectivity index (χ2v) is 8.05. The third kappa shape index (κ3) is 3.76. The molecular weight excluding hydrogens is 356 g/mol. The number of aromatic nitrogens is 2. The summed E-state index contributed by atoms with van der Waals surface area (Å²) in [5.41, 5.74) is 1.01. The van der Waals surface area contributed by atoms with Crippen LogP contribution in [0, 0.1) is 13.8 Å². The largest absolute Gasteiger partial charge is 0.427 e. The Kier molecular flexibility index (Phi) is 5.35. The van der Waals surface area contributed by atoms with E-state index in [1.54, 1.807) is 6.92 Å². The lowest BCUT2D eigenvalue weighted by Gasteiger charge is -2.22. The molecule has 2 N–H and O–H groups in total. The van der Waals surface area contributed by atoms with Gasteiger partial charge >= 0.3 is 5.63 Å². The van der Waals surface area contributed by atoms with Crippen LogP contribution < -0.4 is 16.3 Å². The molecule has 7 heteroatoms. The summed E-state index contributed by atoms with van der Waals surface area (Å²) in [7, 11) is 0. The van der Waals surface area contributed by atoms with Gasteiger partial charge in [-0.1, -0.05) is 12.8 Å². The van der Waals surface area contributed by atoms with E-state index in [1.807, 2.05) is 23.7 Å². The highest BCUT2D eigenvalue weighted by molar-refractivity contribution is 6.04. The Hall–Kier alpha value is -2.41. The number of rotatable bonds is 4. The highest BCUT2D eigenvalue weighted by Crippen LogP contribution is 2.32. The van der Waals surface area contributed by atoms with E-state index in [2.05, 4.69) is 15.7 Å². The van der Waals surface area contributed by atoms with Crippen molar-refractivity contribution in [2.75, 3.05) is 18.4 Å². The zero-order valence-corrected chi connectivity index (χ0v) is 16.6. The number of amides is 1. The molecule has 150 valence electrons. The third-order valence-corrected chi connectivity index (χ3v) is 5.86. The molecule has 2 aromatic rings. The van der Waals surface area contributed by atoms with Crippen molar-refractivity contribution in [3.8, 4) is 0 Å². The Morgan fingerprint density at radius 2 is 2.00 bits per heavy atom. The fourth-order valence-corrected chi connectivity index (χ4v) is 4.42. The van der Waals surface area contributed by atoms with Crippen LogP contribution in [0.3, 0.4) is 0 Å². The Morgan fingerprint density at radius 1 is 1.21 bits per heavy atom. The number of aryl methyl sites for hydroxylation is 2. The predicted octanol–water partition coefficient (Wildman–Crippen LogP) is 3.29. The van der Waals surface area contributed by atoms with Gasteiger partial charge in [0.15, 0.2) is 0 Å². The topological polar surface area (TPSA) is 89.2 Å². The van der Waals surface area contributed by atoms with Crippen LogP contribution in [0.25, 0.3) is 0 Å². The molecule has 2 fully saturated rings. The molecule has 0 bridgehead atoms. The predicted molar refractivity (Wildman–Crippen MR) is 107 cm³/mol. The molecule has 0 radical (unpaired) electrons. The number of anilines is 1. The number of carbonyl (C=O) groups excluding carboxylic acids is 1. The smallest absolute Gasteiger partial charge is 0.349 e. The highest BCUT2D eigenvalue weighted by atomic mass is 16.4. The molecule has 0 aromatic carbocycles. The van der Waals surface area contributed by atoms with Crippen LogP contribution in [0.4, 0.5) is 5.82 Å². The molecule has 1 saturated heterocycles. The van der Waals surface area contributed by atoms with Crippen molar-refractivity contribution in [2.45, 2.75) is 64.3 Å². The summed E-state index contributed by atoms with van der Waals surface area (Å²) in [6.07, 6.45) is 6.53. The number of nitrogens with one attached hydrogen (secondary N) is 2. The van der Waals surface area contributed by atoms with Crippen molar-refractivity contribution >= 4 is 11.7 Å². The van der Waals surface area contributed by atoms with Crippen LogP contribution in [-0.4, -0.2) is 28.8 Å². The van der Waals surface area contributed by atoms with Gasteiger partial charge in [-0.3, -0.25) is 4.79 Å². The molecule has 2 aromatic heterocycles.